The molecule has 0 aromatic carbocycles. The number of aromatic nitrogens is 1. The van der Waals surface area contributed by atoms with Crippen molar-refractivity contribution in [2.24, 2.45) is 0 Å². The van der Waals surface area contributed by atoms with Gasteiger partial charge in [-0.15, -0.1) is 0 Å². The Balaban J connectivity index is 3.09. The summed E-state index contributed by atoms with van der Waals surface area (Å²) in [5.74, 6) is -0.418. The fourth-order valence-corrected chi connectivity index (χ4v) is 1.01. The molecule has 0 radical (unpaired) electrons. The van der Waals surface area contributed by atoms with E-state index in [1.54, 1.807) is 18.2 Å². The zero-order valence-corrected chi connectivity index (χ0v) is 7.70. The summed E-state index contributed by atoms with van der Waals surface area (Å²) < 4.78 is 4.54. The Morgan fingerprint density at radius 1 is 1.62 bits per heavy atom. The number of pyridine rings is 1. The lowest BCUT2D eigenvalue weighted by atomic mass is 10.2. The van der Waals surface area contributed by atoms with Gasteiger partial charge in [-0.25, -0.2) is 9.78 Å². The second kappa shape index (κ2) is 3.85. The standard InChI is InChI=1S/C10H11NO2/c1-4-8-5-6-9(10(12)13-3)11-7(8)2/h4-6H,1H2,2-3H3. The molecule has 0 aliphatic rings. The second-order valence-corrected chi connectivity index (χ2v) is 2.57. The number of hydrogen-bond acceptors (Lipinski definition) is 3. The maximum absolute atomic E-state index is 11.1. The van der Waals surface area contributed by atoms with E-state index in [2.05, 4.69) is 16.3 Å². The second-order valence-electron chi connectivity index (χ2n) is 2.57. The maximum atomic E-state index is 11.1. The van der Waals surface area contributed by atoms with E-state index >= 15 is 0 Å². The summed E-state index contributed by atoms with van der Waals surface area (Å²) in [6.07, 6.45) is 1.70. The molecule has 0 N–H and O–H groups in total. The molecule has 3 nitrogen and oxygen atoms in total. The molecule has 0 bridgehead atoms. The third-order valence-electron chi connectivity index (χ3n) is 1.74. The van der Waals surface area contributed by atoms with Gasteiger partial charge in [-0.3, -0.25) is 0 Å². The topological polar surface area (TPSA) is 39.2 Å². The first-order chi connectivity index (χ1) is 6.19. The average Bonchev–Trinajstić information content (AvgIpc) is 2.16. The molecule has 0 saturated carbocycles. The van der Waals surface area contributed by atoms with Crippen LogP contribution in [0.15, 0.2) is 18.7 Å². The first-order valence-electron chi connectivity index (χ1n) is 3.87. The molecule has 0 fully saturated rings. The molecule has 13 heavy (non-hydrogen) atoms. The van der Waals surface area contributed by atoms with Crippen LogP contribution in [0.5, 0.6) is 0 Å². The van der Waals surface area contributed by atoms with Crippen LogP contribution in [0.25, 0.3) is 6.08 Å². The predicted octanol–water partition coefficient (Wildman–Crippen LogP) is 1.82. The van der Waals surface area contributed by atoms with Crippen LogP contribution in [-0.2, 0) is 4.74 Å². The van der Waals surface area contributed by atoms with Crippen LogP contribution in [0.1, 0.15) is 21.7 Å². The predicted molar refractivity (Wildman–Crippen MR) is 50.4 cm³/mol. The lowest BCUT2D eigenvalue weighted by Gasteiger charge is -2.02. The smallest absolute Gasteiger partial charge is 0.356 e. The highest BCUT2D eigenvalue weighted by molar-refractivity contribution is 5.87. The van der Waals surface area contributed by atoms with Crippen LogP contribution < -0.4 is 0 Å². The van der Waals surface area contributed by atoms with Gasteiger partial charge in [-0.1, -0.05) is 18.7 Å². The summed E-state index contributed by atoms with van der Waals surface area (Å²) in [5.41, 5.74) is 2.02. The Kier molecular flexibility index (Phi) is 2.80. The Morgan fingerprint density at radius 2 is 2.31 bits per heavy atom. The van der Waals surface area contributed by atoms with Crippen LogP contribution in [0.2, 0.25) is 0 Å². The lowest BCUT2D eigenvalue weighted by molar-refractivity contribution is 0.0594. The summed E-state index contributed by atoms with van der Waals surface area (Å²) in [7, 11) is 1.33. The Bertz CT molecular complexity index is 345. The summed E-state index contributed by atoms with van der Waals surface area (Å²) in [6.45, 7) is 5.45. The molecule has 0 unspecified atom stereocenters. The molecule has 0 saturated heterocycles. The number of carbonyl (C=O) groups excluding carboxylic acids is 1. The van der Waals surface area contributed by atoms with E-state index in [9.17, 15) is 4.79 Å². The molecule has 1 heterocycles. The van der Waals surface area contributed by atoms with Crippen molar-refractivity contribution in [3.63, 3.8) is 0 Å². The minimum absolute atomic E-state index is 0.325. The molecule has 68 valence electrons. The number of aryl methyl sites for hydroxylation is 1. The van der Waals surface area contributed by atoms with Gasteiger partial charge in [0.15, 0.2) is 0 Å². The maximum Gasteiger partial charge on any atom is 0.356 e. The normalized spacial score (nSPS) is 9.38. The first-order valence-corrected chi connectivity index (χ1v) is 3.87. The van der Waals surface area contributed by atoms with Crippen molar-refractivity contribution in [1.82, 2.24) is 4.98 Å². The molecular formula is C10H11NO2. The van der Waals surface area contributed by atoms with E-state index in [0.29, 0.717) is 5.69 Å². The summed E-state index contributed by atoms with van der Waals surface area (Å²) in [6, 6.07) is 3.41. The highest BCUT2D eigenvalue weighted by atomic mass is 16.5. The van der Waals surface area contributed by atoms with Gasteiger partial charge in [0, 0.05) is 5.69 Å². The Hall–Kier alpha value is -1.64. The van der Waals surface area contributed by atoms with Crippen LogP contribution in [-0.4, -0.2) is 18.1 Å². The van der Waals surface area contributed by atoms with E-state index < -0.39 is 5.97 Å². The third kappa shape index (κ3) is 1.93. The van der Waals surface area contributed by atoms with Crippen LogP contribution in [0.4, 0.5) is 0 Å². The van der Waals surface area contributed by atoms with E-state index in [0.717, 1.165) is 11.3 Å². The average molecular weight is 177 g/mol. The van der Waals surface area contributed by atoms with Crippen molar-refractivity contribution >= 4 is 12.0 Å². The van der Waals surface area contributed by atoms with Crippen molar-refractivity contribution < 1.29 is 9.53 Å². The van der Waals surface area contributed by atoms with Crippen LogP contribution in [0.3, 0.4) is 0 Å². The molecule has 3 heteroatoms. The zero-order chi connectivity index (χ0) is 9.84. The molecule has 0 aliphatic heterocycles. The lowest BCUT2D eigenvalue weighted by Crippen LogP contribution is -2.05. The minimum atomic E-state index is -0.418. The zero-order valence-electron chi connectivity index (χ0n) is 7.70. The van der Waals surface area contributed by atoms with Gasteiger partial charge in [0.25, 0.3) is 0 Å². The fraction of sp³-hybridized carbons (Fsp3) is 0.200. The molecular weight excluding hydrogens is 166 g/mol. The molecule has 1 aromatic heterocycles. The van der Waals surface area contributed by atoms with Crippen molar-refractivity contribution in [3.05, 3.63) is 35.7 Å². The van der Waals surface area contributed by atoms with Crippen LogP contribution in [0, 0.1) is 6.92 Å². The number of carbonyl (C=O) groups is 1. The molecule has 1 rings (SSSR count). The Labute approximate surface area is 77.1 Å². The summed E-state index contributed by atoms with van der Waals surface area (Å²) in [4.78, 5) is 15.1. The largest absolute Gasteiger partial charge is 0.464 e. The summed E-state index contributed by atoms with van der Waals surface area (Å²) in [5, 5.41) is 0. The van der Waals surface area contributed by atoms with Gasteiger partial charge in [0.2, 0.25) is 0 Å². The molecule has 0 spiro atoms. The van der Waals surface area contributed by atoms with Crippen molar-refractivity contribution in [2.75, 3.05) is 7.11 Å². The van der Waals surface area contributed by atoms with Gasteiger partial charge in [0.05, 0.1) is 7.11 Å². The number of nitrogens with zero attached hydrogens (tertiary/aromatic N) is 1. The molecule has 0 amide bonds. The van der Waals surface area contributed by atoms with E-state index in [1.807, 2.05) is 6.92 Å². The van der Waals surface area contributed by atoms with Crippen molar-refractivity contribution in [1.29, 1.82) is 0 Å². The third-order valence-corrected chi connectivity index (χ3v) is 1.74. The van der Waals surface area contributed by atoms with Crippen molar-refractivity contribution in [3.8, 4) is 0 Å². The van der Waals surface area contributed by atoms with E-state index in [1.165, 1.54) is 7.11 Å². The van der Waals surface area contributed by atoms with Gasteiger partial charge in [0.1, 0.15) is 5.69 Å². The Morgan fingerprint density at radius 3 is 2.77 bits per heavy atom. The number of ether oxygens (including phenoxy) is 1. The molecule has 0 aliphatic carbocycles. The van der Waals surface area contributed by atoms with E-state index in [-0.39, 0.29) is 0 Å². The molecule has 0 atom stereocenters. The molecule has 1 aromatic rings. The minimum Gasteiger partial charge on any atom is -0.464 e. The van der Waals surface area contributed by atoms with Gasteiger partial charge in [-0.2, -0.15) is 0 Å². The van der Waals surface area contributed by atoms with Crippen LogP contribution >= 0.6 is 0 Å². The highest BCUT2D eigenvalue weighted by Gasteiger charge is 2.07. The quantitative estimate of drug-likeness (QED) is 0.647. The number of esters is 1. The number of methoxy groups -OCH3 is 1. The number of hydrogen-bond donors (Lipinski definition) is 0. The van der Waals surface area contributed by atoms with Crippen molar-refractivity contribution in [2.45, 2.75) is 6.92 Å². The fourth-order valence-electron chi connectivity index (χ4n) is 1.01. The van der Waals surface area contributed by atoms with Gasteiger partial charge < -0.3 is 4.74 Å². The van der Waals surface area contributed by atoms with E-state index in [4.69, 9.17) is 0 Å². The highest BCUT2D eigenvalue weighted by Crippen LogP contribution is 2.08. The first kappa shape index (κ1) is 9.45. The monoisotopic (exact) mass is 177 g/mol. The SMILES string of the molecule is C=Cc1ccc(C(=O)OC)nc1C. The number of rotatable bonds is 2. The van der Waals surface area contributed by atoms with Gasteiger partial charge >= 0.3 is 5.97 Å². The summed E-state index contributed by atoms with van der Waals surface area (Å²) >= 11 is 0. The van der Waals surface area contributed by atoms with Gasteiger partial charge in [-0.05, 0) is 18.6 Å².